The van der Waals surface area contributed by atoms with E-state index in [2.05, 4.69) is 13.8 Å². The molecular weight excluding hydrogens is 316 g/mol. The van der Waals surface area contributed by atoms with Gasteiger partial charge in [0.15, 0.2) is 5.78 Å². The number of fused-ring (bicyclic) bond motifs is 5. The predicted octanol–water partition coefficient (Wildman–Crippen LogP) is 3.63. The number of carbonyl (C=O) groups excluding carboxylic acids is 3. The third kappa shape index (κ3) is 2.36. The largest absolute Gasteiger partial charge is 0.462 e. The molecule has 4 nitrogen and oxygen atoms in total. The Kier molecular flexibility index (Phi) is 3.75. The summed E-state index contributed by atoms with van der Waals surface area (Å²) in [5.41, 5.74) is 0.902. The molecule has 0 aromatic rings. The van der Waals surface area contributed by atoms with Crippen LogP contribution in [0.3, 0.4) is 0 Å². The molecule has 0 unspecified atom stereocenters. The van der Waals surface area contributed by atoms with Crippen LogP contribution in [0.1, 0.15) is 65.7 Å². The lowest BCUT2D eigenvalue weighted by Gasteiger charge is -2.55. The molecule has 0 saturated heterocycles. The van der Waals surface area contributed by atoms with Crippen LogP contribution in [0, 0.1) is 28.6 Å². The van der Waals surface area contributed by atoms with Crippen molar-refractivity contribution in [1.29, 1.82) is 0 Å². The fraction of sp³-hybridized carbons (Fsp3) is 0.762. The van der Waals surface area contributed by atoms with Crippen LogP contribution in [0.15, 0.2) is 11.6 Å². The average molecular weight is 344 g/mol. The van der Waals surface area contributed by atoms with Crippen molar-refractivity contribution in [3.63, 3.8) is 0 Å². The zero-order chi connectivity index (χ0) is 18.0. The molecule has 0 N–H and O–H groups in total. The molecule has 0 heterocycles. The summed E-state index contributed by atoms with van der Waals surface area (Å²) in [4.78, 5) is 36.8. The van der Waals surface area contributed by atoms with Gasteiger partial charge >= 0.3 is 5.97 Å². The number of ketones is 2. The van der Waals surface area contributed by atoms with Crippen LogP contribution in [-0.4, -0.2) is 23.6 Å². The molecule has 4 heteroatoms. The molecule has 0 radical (unpaired) electrons. The summed E-state index contributed by atoms with van der Waals surface area (Å²) in [6.45, 7) is 5.84. The zero-order valence-corrected chi connectivity index (χ0v) is 15.5. The minimum absolute atomic E-state index is 0.00391. The third-order valence-corrected chi connectivity index (χ3v) is 7.94. The molecule has 6 atom stereocenters. The van der Waals surface area contributed by atoms with E-state index in [1.165, 1.54) is 12.5 Å². The van der Waals surface area contributed by atoms with E-state index in [1.807, 2.05) is 6.08 Å². The standard InChI is InChI=1S/C21H28O4/c1-12(22)25-14-6-8-20(2)13(10-14)11-17(23)19-15-4-5-18(24)21(15,3)9-7-16(19)20/h11,14-16,19H,4-10H2,1-3H3/t14-,15-,16+,19+,20-,21-/m0/s1. The number of ether oxygens (including phenoxy) is 1. The van der Waals surface area contributed by atoms with E-state index < -0.39 is 0 Å². The van der Waals surface area contributed by atoms with Crippen LogP contribution in [-0.2, 0) is 19.1 Å². The molecule has 0 aromatic carbocycles. The summed E-state index contributed by atoms with van der Waals surface area (Å²) in [6.07, 6.45) is 7.66. The fourth-order valence-electron chi connectivity index (χ4n) is 6.48. The van der Waals surface area contributed by atoms with Crippen LogP contribution in [0.25, 0.3) is 0 Å². The summed E-state index contributed by atoms with van der Waals surface area (Å²) < 4.78 is 5.42. The van der Waals surface area contributed by atoms with E-state index in [1.54, 1.807) is 0 Å². The van der Waals surface area contributed by atoms with Gasteiger partial charge in [-0.2, -0.15) is 0 Å². The maximum atomic E-state index is 13.1. The molecule has 25 heavy (non-hydrogen) atoms. The lowest BCUT2D eigenvalue weighted by Crippen LogP contribution is -2.53. The Morgan fingerprint density at radius 1 is 1.08 bits per heavy atom. The van der Waals surface area contributed by atoms with Crippen molar-refractivity contribution in [3.8, 4) is 0 Å². The first-order valence-corrected chi connectivity index (χ1v) is 9.71. The van der Waals surface area contributed by atoms with Crippen molar-refractivity contribution in [1.82, 2.24) is 0 Å². The van der Waals surface area contributed by atoms with E-state index in [9.17, 15) is 14.4 Å². The second kappa shape index (κ2) is 5.52. The number of hydrogen-bond donors (Lipinski definition) is 0. The van der Waals surface area contributed by atoms with Gasteiger partial charge in [-0.3, -0.25) is 14.4 Å². The van der Waals surface area contributed by atoms with Crippen LogP contribution < -0.4 is 0 Å². The molecule has 0 amide bonds. The smallest absolute Gasteiger partial charge is 0.302 e. The number of Topliss-reactive ketones (excluding diaryl/α,β-unsaturated/α-hetero) is 1. The minimum atomic E-state index is -0.284. The van der Waals surface area contributed by atoms with Gasteiger partial charge in [-0.15, -0.1) is 0 Å². The predicted molar refractivity (Wildman–Crippen MR) is 92.7 cm³/mol. The first kappa shape index (κ1) is 17.0. The van der Waals surface area contributed by atoms with Crippen LogP contribution in [0.4, 0.5) is 0 Å². The van der Waals surface area contributed by atoms with Gasteiger partial charge in [0, 0.05) is 31.1 Å². The maximum absolute atomic E-state index is 13.1. The molecule has 3 fully saturated rings. The second-order valence-corrected chi connectivity index (χ2v) is 9.12. The molecule has 4 aliphatic carbocycles. The normalized spacial score (nSPS) is 46.0. The molecule has 0 aliphatic heterocycles. The van der Waals surface area contributed by atoms with Gasteiger partial charge in [-0.25, -0.2) is 0 Å². The van der Waals surface area contributed by atoms with Crippen molar-refractivity contribution in [2.24, 2.45) is 28.6 Å². The van der Waals surface area contributed by atoms with Crippen molar-refractivity contribution in [2.75, 3.05) is 0 Å². The number of esters is 1. The summed E-state index contributed by atoms with van der Waals surface area (Å²) in [7, 11) is 0. The molecule has 4 aliphatic rings. The lowest BCUT2D eigenvalue weighted by atomic mass is 9.48. The number of hydrogen-bond acceptors (Lipinski definition) is 4. The summed E-state index contributed by atoms with van der Waals surface area (Å²) in [5.74, 6) is 0.888. The highest BCUT2D eigenvalue weighted by atomic mass is 16.5. The van der Waals surface area contributed by atoms with Crippen molar-refractivity contribution in [2.45, 2.75) is 71.8 Å². The molecule has 4 rings (SSSR count). The molecule has 3 saturated carbocycles. The Hall–Kier alpha value is -1.45. The Morgan fingerprint density at radius 2 is 1.76 bits per heavy atom. The highest BCUT2D eigenvalue weighted by Crippen LogP contribution is 2.63. The first-order valence-electron chi connectivity index (χ1n) is 9.71. The molecule has 136 valence electrons. The number of carbonyl (C=O) groups is 3. The monoisotopic (exact) mass is 344 g/mol. The van der Waals surface area contributed by atoms with E-state index in [0.717, 1.165) is 32.1 Å². The SMILES string of the molecule is CC(=O)O[C@H]1CC[C@@]2(C)C(=CC(=O)[C@H]3[C@H]2CC[C@]2(C)C(=O)CC[C@@H]32)C1. The quantitative estimate of drug-likeness (QED) is 0.682. The van der Waals surface area contributed by atoms with E-state index >= 15 is 0 Å². The van der Waals surface area contributed by atoms with Gasteiger partial charge in [0.2, 0.25) is 0 Å². The molecule has 0 bridgehead atoms. The van der Waals surface area contributed by atoms with Crippen molar-refractivity contribution < 1.29 is 19.1 Å². The Bertz CT molecular complexity index is 677. The number of rotatable bonds is 1. The molecular formula is C21H28O4. The van der Waals surface area contributed by atoms with Crippen LogP contribution in [0.5, 0.6) is 0 Å². The van der Waals surface area contributed by atoms with Gasteiger partial charge < -0.3 is 4.74 Å². The first-order chi connectivity index (χ1) is 11.8. The van der Waals surface area contributed by atoms with Crippen molar-refractivity contribution in [3.05, 3.63) is 11.6 Å². The second-order valence-electron chi connectivity index (χ2n) is 9.12. The highest BCUT2D eigenvalue weighted by molar-refractivity contribution is 5.96. The maximum Gasteiger partial charge on any atom is 0.302 e. The zero-order valence-electron chi connectivity index (χ0n) is 15.5. The van der Waals surface area contributed by atoms with E-state index in [4.69, 9.17) is 4.74 Å². The van der Waals surface area contributed by atoms with Gasteiger partial charge in [0.05, 0.1) is 0 Å². The Morgan fingerprint density at radius 3 is 2.48 bits per heavy atom. The minimum Gasteiger partial charge on any atom is -0.462 e. The van der Waals surface area contributed by atoms with E-state index in [-0.39, 0.29) is 40.5 Å². The lowest BCUT2D eigenvalue weighted by molar-refractivity contribution is -0.149. The fourth-order valence-corrected chi connectivity index (χ4v) is 6.48. The summed E-state index contributed by atoms with van der Waals surface area (Å²) in [5, 5.41) is 0. The molecule has 0 spiro atoms. The summed E-state index contributed by atoms with van der Waals surface area (Å²) >= 11 is 0. The van der Waals surface area contributed by atoms with Gasteiger partial charge in [0.25, 0.3) is 0 Å². The van der Waals surface area contributed by atoms with E-state index in [0.29, 0.717) is 24.5 Å². The van der Waals surface area contributed by atoms with Gasteiger partial charge in [-0.1, -0.05) is 19.4 Å². The summed E-state index contributed by atoms with van der Waals surface area (Å²) in [6, 6.07) is 0. The average Bonchev–Trinajstić information content (AvgIpc) is 2.84. The highest BCUT2D eigenvalue weighted by Gasteiger charge is 2.61. The van der Waals surface area contributed by atoms with Crippen LogP contribution >= 0.6 is 0 Å². The van der Waals surface area contributed by atoms with Crippen LogP contribution in [0.2, 0.25) is 0 Å². The molecule has 0 aromatic heterocycles. The Balaban J connectivity index is 1.67. The van der Waals surface area contributed by atoms with Gasteiger partial charge in [0.1, 0.15) is 11.9 Å². The third-order valence-electron chi connectivity index (χ3n) is 7.94. The van der Waals surface area contributed by atoms with Crippen molar-refractivity contribution >= 4 is 17.5 Å². The number of allylic oxidation sites excluding steroid dienone is 1. The van der Waals surface area contributed by atoms with Gasteiger partial charge in [-0.05, 0) is 55.4 Å². The Labute approximate surface area is 149 Å². The topological polar surface area (TPSA) is 60.4 Å².